The maximum Gasteiger partial charge on any atom is 0.223 e. The van der Waals surface area contributed by atoms with E-state index in [-0.39, 0.29) is 11.8 Å². The number of hydrogen-bond acceptors (Lipinski definition) is 5. The molecule has 0 spiro atoms. The summed E-state index contributed by atoms with van der Waals surface area (Å²) in [5.74, 6) is 1.90. The third-order valence-corrected chi connectivity index (χ3v) is 4.81. The van der Waals surface area contributed by atoms with Crippen LogP contribution in [0.3, 0.4) is 0 Å². The van der Waals surface area contributed by atoms with Crippen molar-refractivity contribution < 1.29 is 23.7 Å². The molecule has 1 saturated carbocycles. The van der Waals surface area contributed by atoms with E-state index in [4.69, 9.17) is 18.9 Å². The Morgan fingerprint density at radius 3 is 1.92 bits per heavy atom. The van der Waals surface area contributed by atoms with E-state index in [0.29, 0.717) is 52.8 Å². The van der Waals surface area contributed by atoms with E-state index in [1.807, 2.05) is 0 Å². The summed E-state index contributed by atoms with van der Waals surface area (Å²) in [6.45, 7) is 9.06. The molecule has 1 aliphatic carbocycles. The Morgan fingerprint density at radius 2 is 1.40 bits per heavy atom. The maximum absolute atomic E-state index is 12.1. The van der Waals surface area contributed by atoms with Crippen molar-refractivity contribution in [1.29, 1.82) is 0 Å². The van der Waals surface area contributed by atoms with Crippen LogP contribution in [0.4, 0.5) is 0 Å². The second-order valence-corrected chi connectivity index (χ2v) is 6.98. The lowest BCUT2D eigenvalue weighted by Gasteiger charge is -2.30. The van der Waals surface area contributed by atoms with Gasteiger partial charge in [-0.05, 0) is 37.5 Å². The van der Waals surface area contributed by atoms with E-state index in [2.05, 4.69) is 19.2 Å². The van der Waals surface area contributed by atoms with E-state index in [0.717, 1.165) is 24.7 Å². The summed E-state index contributed by atoms with van der Waals surface area (Å²) < 4.78 is 21.0. The van der Waals surface area contributed by atoms with Crippen molar-refractivity contribution in [2.24, 2.45) is 17.8 Å². The molecule has 0 unspecified atom stereocenters. The quantitative estimate of drug-likeness (QED) is 0.482. The molecule has 1 aliphatic rings. The topological polar surface area (TPSA) is 66.0 Å². The van der Waals surface area contributed by atoms with Crippen LogP contribution in [0.5, 0.6) is 0 Å². The normalized spacial score (nSPS) is 20.8. The zero-order valence-electron chi connectivity index (χ0n) is 16.3. The summed E-state index contributed by atoms with van der Waals surface area (Å²) in [6, 6.07) is 0. The third-order valence-electron chi connectivity index (χ3n) is 4.81. The van der Waals surface area contributed by atoms with Crippen molar-refractivity contribution in [1.82, 2.24) is 5.32 Å². The molecule has 1 amide bonds. The predicted molar refractivity (Wildman–Crippen MR) is 97.6 cm³/mol. The fourth-order valence-corrected chi connectivity index (χ4v) is 3.12. The van der Waals surface area contributed by atoms with Gasteiger partial charge in [-0.3, -0.25) is 4.79 Å². The molecule has 6 nitrogen and oxygen atoms in total. The Balaban J connectivity index is 1.87. The lowest BCUT2D eigenvalue weighted by molar-refractivity contribution is -0.126. The monoisotopic (exact) mass is 359 g/mol. The molecule has 0 bridgehead atoms. The average Bonchev–Trinajstić information content (AvgIpc) is 2.62. The van der Waals surface area contributed by atoms with Gasteiger partial charge in [-0.15, -0.1) is 0 Å². The van der Waals surface area contributed by atoms with Crippen molar-refractivity contribution in [3.8, 4) is 0 Å². The molecule has 0 heterocycles. The number of carbonyl (C=O) groups is 1. The molecular weight excluding hydrogens is 322 g/mol. The van der Waals surface area contributed by atoms with Gasteiger partial charge in [-0.2, -0.15) is 0 Å². The SMILES string of the molecule is COCCOCCOCCOCCNC(=O)C1CCC(C(C)C)CC1. The fraction of sp³-hybridized carbons (Fsp3) is 0.947. The Hall–Kier alpha value is -0.690. The molecule has 0 aromatic carbocycles. The van der Waals surface area contributed by atoms with Gasteiger partial charge in [-0.25, -0.2) is 0 Å². The Bertz CT molecular complexity index is 330. The van der Waals surface area contributed by atoms with Crippen molar-refractivity contribution in [2.75, 3.05) is 59.9 Å². The minimum atomic E-state index is 0.190. The van der Waals surface area contributed by atoms with Gasteiger partial charge in [0.1, 0.15) is 0 Å². The van der Waals surface area contributed by atoms with Gasteiger partial charge in [0, 0.05) is 19.6 Å². The van der Waals surface area contributed by atoms with Crippen LogP contribution >= 0.6 is 0 Å². The van der Waals surface area contributed by atoms with E-state index in [1.54, 1.807) is 7.11 Å². The molecule has 0 aromatic rings. The van der Waals surface area contributed by atoms with Gasteiger partial charge in [0.15, 0.2) is 0 Å². The summed E-state index contributed by atoms with van der Waals surface area (Å²) >= 11 is 0. The zero-order valence-corrected chi connectivity index (χ0v) is 16.3. The number of nitrogens with one attached hydrogen (secondary N) is 1. The van der Waals surface area contributed by atoms with Crippen LogP contribution in [-0.4, -0.2) is 65.8 Å². The molecule has 1 fully saturated rings. The van der Waals surface area contributed by atoms with Gasteiger partial charge in [-0.1, -0.05) is 13.8 Å². The number of hydrogen-bond donors (Lipinski definition) is 1. The second kappa shape index (κ2) is 14.5. The molecule has 148 valence electrons. The lowest BCUT2D eigenvalue weighted by Crippen LogP contribution is -2.35. The molecular formula is C19H37NO5. The van der Waals surface area contributed by atoms with Crippen molar-refractivity contribution in [3.63, 3.8) is 0 Å². The van der Waals surface area contributed by atoms with Gasteiger partial charge in [0.05, 0.1) is 46.2 Å². The first-order chi connectivity index (χ1) is 12.1. The minimum Gasteiger partial charge on any atom is -0.382 e. The Labute approximate surface area is 152 Å². The van der Waals surface area contributed by atoms with Crippen LogP contribution in [0.1, 0.15) is 39.5 Å². The minimum absolute atomic E-state index is 0.190. The summed E-state index contributed by atoms with van der Waals surface area (Å²) in [4.78, 5) is 12.1. The number of carbonyl (C=O) groups excluding carboxylic acids is 1. The first-order valence-electron chi connectivity index (χ1n) is 9.65. The standard InChI is InChI=1S/C19H37NO5/c1-16(2)17-4-6-18(7-5-17)19(21)20-8-9-23-12-13-25-15-14-24-11-10-22-3/h16-18H,4-15H2,1-3H3,(H,20,21). The first-order valence-corrected chi connectivity index (χ1v) is 9.65. The second-order valence-electron chi connectivity index (χ2n) is 6.98. The lowest BCUT2D eigenvalue weighted by atomic mass is 9.77. The molecule has 0 aromatic heterocycles. The maximum atomic E-state index is 12.1. The number of ether oxygens (including phenoxy) is 4. The van der Waals surface area contributed by atoms with Crippen LogP contribution in [0.15, 0.2) is 0 Å². The van der Waals surface area contributed by atoms with Crippen molar-refractivity contribution >= 4 is 5.91 Å². The smallest absolute Gasteiger partial charge is 0.223 e. The average molecular weight is 360 g/mol. The van der Waals surface area contributed by atoms with Crippen LogP contribution in [0, 0.1) is 17.8 Å². The molecule has 25 heavy (non-hydrogen) atoms. The van der Waals surface area contributed by atoms with E-state index in [9.17, 15) is 4.79 Å². The molecule has 0 saturated heterocycles. The summed E-state index contributed by atoms with van der Waals surface area (Å²) in [5, 5.41) is 2.99. The molecule has 6 heteroatoms. The number of methoxy groups -OCH3 is 1. The van der Waals surface area contributed by atoms with Gasteiger partial charge < -0.3 is 24.3 Å². The zero-order chi connectivity index (χ0) is 18.3. The highest BCUT2D eigenvalue weighted by atomic mass is 16.6. The van der Waals surface area contributed by atoms with Gasteiger partial charge >= 0.3 is 0 Å². The molecule has 0 atom stereocenters. The van der Waals surface area contributed by atoms with Crippen LogP contribution in [-0.2, 0) is 23.7 Å². The van der Waals surface area contributed by atoms with Crippen LogP contribution < -0.4 is 5.32 Å². The summed E-state index contributed by atoms with van der Waals surface area (Å²) in [7, 11) is 1.65. The first kappa shape index (κ1) is 22.4. The fourth-order valence-electron chi connectivity index (χ4n) is 3.12. The Morgan fingerprint density at radius 1 is 0.880 bits per heavy atom. The molecule has 1 N–H and O–H groups in total. The largest absolute Gasteiger partial charge is 0.382 e. The molecule has 0 aliphatic heterocycles. The van der Waals surface area contributed by atoms with Crippen molar-refractivity contribution in [2.45, 2.75) is 39.5 Å². The molecule has 0 radical (unpaired) electrons. The van der Waals surface area contributed by atoms with E-state index in [1.165, 1.54) is 12.8 Å². The van der Waals surface area contributed by atoms with Crippen LogP contribution in [0.25, 0.3) is 0 Å². The van der Waals surface area contributed by atoms with E-state index >= 15 is 0 Å². The predicted octanol–water partition coefficient (Wildman–Crippen LogP) is 2.26. The summed E-state index contributed by atoms with van der Waals surface area (Å²) in [5.41, 5.74) is 0. The highest BCUT2D eigenvalue weighted by Gasteiger charge is 2.27. The summed E-state index contributed by atoms with van der Waals surface area (Å²) in [6.07, 6.45) is 4.41. The van der Waals surface area contributed by atoms with E-state index < -0.39 is 0 Å². The third kappa shape index (κ3) is 10.8. The Kier molecular flexibility index (Phi) is 12.9. The van der Waals surface area contributed by atoms with Crippen LogP contribution in [0.2, 0.25) is 0 Å². The van der Waals surface area contributed by atoms with Gasteiger partial charge in [0.25, 0.3) is 0 Å². The van der Waals surface area contributed by atoms with Crippen molar-refractivity contribution in [3.05, 3.63) is 0 Å². The number of rotatable bonds is 14. The molecule has 1 rings (SSSR count). The highest BCUT2D eigenvalue weighted by molar-refractivity contribution is 5.78. The van der Waals surface area contributed by atoms with Gasteiger partial charge in [0.2, 0.25) is 5.91 Å². The number of amides is 1. The highest BCUT2D eigenvalue weighted by Crippen LogP contribution is 2.33.